The molecule has 0 aromatic heterocycles. The molecule has 4 saturated carbocycles. The second-order valence-electron chi connectivity index (χ2n) is 9.10. The summed E-state index contributed by atoms with van der Waals surface area (Å²) >= 11 is 0. The van der Waals surface area contributed by atoms with Gasteiger partial charge in [-0.05, 0) is 63.2 Å². The summed E-state index contributed by atoms with van der Waals surface area (Å²) in [6, 6.07) is 0. The van der Waals surface area contributed by atoms with Gasteiger partial charge in [0.2, 0.25) is 0 Å². The SMILES string of the molecule is C1COC2(CCC(OCC3CC3)CC2)O1.O=C1CCC(OCC2CC2)CC1. The van der Waals surface area contributed by atoms with Crippen molar-refractivity contribution in [1.82, 2.24) is 0 Å². The second-order valence-corrected chi connectivity index (χ2v) is 9.10. The first kappa shape index (κ1) is 19.8. The fourth-order valence-corrected chi connectivity index (χ4v) is 4.18. The molecule has 0 amide bonds. The Labute approximate surface area is 163 Å². The molecule has 0 bridgehead atoms. The Morgan fingerprint density at radius 1 is 0.741 bits per heavy atom. The number of ether oxygens (including phenoxy) is 4. The van der Waals surface area contributed by atoms with Crippen molar-refractivity contribution in [3.05, 3.63) is 0 Å². The van der Waals surface area contributed by atoms with Crippen molar-refractivity contribution in [1.29, 1.82) is 0 Å². The summed E-state index contributed by atoms with van der Waals surface area (Å²) in [5, 5.41) is 0. The Kier molecular flexibility index (Phi) is 6.85. The van der Waals surface area contributed by atoms with Crippen molar-refractivity contribution in [3.63, 3.8) is 0 Å². The van der Waals surface area contributed by atoms with Crippen LogP contribution in [0.2, 0.25) is 0 Å². The van der Waals surface area contributed by atoms with Crippen molar-refractivity contribution in [2.24, 2.45) is 11.8 Å². The normalized spacial score (nSPS) is 29.0. The maximum atomic E-state index is 10.9. The summed E-state index contributed by atoms with van der Waals surface area (Å²) in [7, 11) is 0. The molecule has 4 aliphatic carbocycles. The highest BCUT2D eigenvalue weighted by Crippen LogP contribution is 2.38. The van der Waals surface area contributed by atoms with Crippen LogP contribution in [0.1, 0.15) is 77.0 Å². The van der Waals surface area contributed by atoms with Gasteiger partial charge in [0.1, 0.15) is 5.78 Å². The van der Waals surface area contributed by atoms with Crippen LogP contribution in [-0.2, 0) is 23.7 Å². The van der Waals surface area contributed by atoms with Crippen molar-refractivity contribution in [3.8, 4) is 0 Å². The van der Waals surface area contributed by atoms with Crippen molar-refractivity contribution in [2.45, 2.75) is 95.0 Å². The summed E-state index contributed by atoms with van der Waals surface area (Å²) < 4.78 is 23.0. The van der Waals surface area contributed by atoms with E-state index >= 15 is 0 Å². The smallest absolute Gasteiger partial charge is 0.168 e. The Hall–Kier alpha value is -0.490. The first-order chi connectivity index (χ1) is 13.2. The molecule has 1 heterocycles. The van der Waals surface area contributed by atoms with Gasteiger partial charge in [-0.3, -0.25) is 4.79 Å². The van der Waals surface area contributed by atoms with Crippen LogP contribution >= 0.6 is 0 Å². The molecule has 0 aromatic carbocycles. The molecule has 0 atom stereocenters. The van der Waals surface area contributed by atoms with Crippen LogP contribution in [0.3, 0.4) is 0 Å². The first-order valence-electron chi connectivity index (χ1n) is 11.2. The molecule has 5 nitrogen and oxygen atoms in total. The van der Waals surface area contributed by atoms with Gasteiger partial charge in [-0.25, -0.2) is 0 Å². The largest absolute Gasteiger partial charge is 0.378 e. The zero-order chi connectivity index (χ0) is 18.5. The molecular weight excluding hydrogens is 344 g/mol. The van der Waals surface area contributed by atoms with E-state index in [1.807, 2.05) is 0 Å². The minimum absolute atomic E-state index is 0.223. The van der Waals surface area contributed by atoms with Gasteiger partial charge < -0.3 is 18.9 Å². The summed E-state index contributed by atoms with van der Waals surface area (Å²) in [5.41, 5.74) is 0. The van der Waals surface area contributed by atoms with Gasteiger partial charge in [-0.2, -0.15) is 0 Å². The molecule has 5 aliphatic rings. The van der Waals surface area contributed by atoms with E-state index in [1.54, 1.807) is 0 Å². The summed E-state index contributed by atoms with van der Waals surface area (Å²) in [5.74, 6) is 1.92. The van der Waals surface area contributed by atoms with Crippen LogP contribution in [0.5, 0.6) is 0 Å². The Bertz CT molecular complexity index is 459. The summed E-state index contributed by atoms with van der Waals surface area (Å²) in [6.07, 6.45) is 14.0. The lowest BCUT2D eigenvalue weighted by Gasteiger charge is -2.35. The van der Waals surface area contributed by atoms with Crippen LogP contribution in [-0.4, -0.2) is 50.2 Å². The second kappa shape index (κ2) is 9.34. The van der Waals surface area contributed by atoms with Crippen LogP contribution in [0.25, 0.3) is 0 Å². The van der Waals surface area contributed by atoms with Gasteiger partial charge in [0, 0.05) is 38.9 Å². The van der Waals surface area contributed by atoms with Crippen LogP contribution in [0, 0.1) is 11.8 Å². The first-order valence-corrected chi connectivity index (χ1v) is 11.2. The third-order valence-corrected chi connectivity index (χ3v) is 6.53. The molecule has 0 unspecified atom stereocenters. The van der Waals surface area contributed by atoms with Gasteiger partial charge in [-0.1, -0.05) is 0 Å². The Morgan fingerprint density at radius 3 is 1.70 bits per heavy atom. The maximum absolute atomic E-state index is 10.9. The van der Waals surface area contributed by atoms with Gasteiger partial charge in [0.15, 0.2) is 5.79 Å². The van der Waals surface area contributed by atoms with Gasteiger partial charge >= 0.3 is 0 Å². The number of ketones is 1. The molecule has 27 heavy (non-hydrogen) atoms. The third kappa shape index (κ3) is 6.52. The predicted octanol–water partition coefficient (Wildman–Crippen LogP) is 4.02. The van der Waals surface area contributed by atoms with Crippen molar-refractivity contribution < 1.29 is 23.7 Å². The standard InChI is InChI=1S/C12H20O3.C10H16O2/c1-2-10(1)9-13-11-3-5-12(6-4-11)14-7-8-15-12;11-9-3-5-10(6-4-9)12-7-8-1-2-8/h10-11H,1-9H2;8,10H,1-7H2. The zero-order valence-corrected chi connectivity index (χ0v) is 16.7. The fourth-order valence-electron chi connectivity index (χ4n) is 4.18. The predicted molar refractivity (Wildman–Crippen MR) is 102 cm³/mol. The molecular formula is C22H36O5. The van der Waals surface area contributed by atoms with E-state index in [4.69, 9.17) is 18.9 Å². The number of hydrogen-bond acceptors (Lipinski definition) is 5. The van der Waals surface area contributed by atoms with Crippen LogP contribution in [0.4, 0.5) is 0 Å². The van der Waals surface area contributed by atoms with Gasteiger partial charge in [-0.15, -0.1) is 0 Å². The highest BCUT2D eigenvalue weighted by Gasteiger charge is 2.40. The topological polar surface area (TPSA) is 54.0 Å². The molecule has 1 saturated heterocycles. The van der Waals surface area contributed by atoms with Gasteiger partial charge in [0.05, 0.1) is 25.4 Å². The third-order valence-electron chi connectivity index (χ3n) is 6.53. The molecule has 0 radical (unpaired) electrons. The van der Waals surface area contributed by atoms with Gasteiger partial charge in [0.25, 0.3) is 0 Å². The summed E-state index contributed by atoms with van der Waals surface area (Å²) in [6.45, 7) is 3.47. The molecule has 0 N–H and O–H groups in total. The zero-order valence-electron chi connectivity index (χ0n) is 16.7. The molecule has 5 fully saturated rings. The highest BCUT2D eigenvalue weighted by atomic mass is 16.7. The van der Waals surface area contributed by atoms with E-state index in [0.29, 0.717) is 18.0 Å². The highest BCUT2D eigenvalue weighted by molar-refractivity contribution is 5.79. The molecule has 5 heteroatoms. The van der Waals surface area contributed by atoms with Crippen molar-refractivity contribution >= 4 is 5.78 Å². The minimum atomic E-state index is -0.223. The van der Waals surface area contributed by atoms with Crippen molar-refractivity contribution in [2.75, 3.05) is 26.4 Å². The van der Waals surface area contributed by atoms with E-state index in [-0.39, 0.29) is 5.79 Å². The van der Waals surface area contributed by atoms with Crippen LogP contribution < -0.4 is 0 Å². The lowest BCUT2D eigenvalue weighted by atomic mass is 9.92. The number of carbonyl (C=O) groups excluding carboxylic acids is 1. The monoisotopic (exact) mass is 380 g/mol. The average Bonchev–Trinajstić information content (AvgIpc) is 3.62. The van der Waals surface area contributed by atoms with Crippen LogP contribution in [0.15, 0.2) is 0 Å². The number of hydrogen-bond donors (Lipinski definition) is 0. The lowest BCUT2D eigenvalue weighted by molar-refractivity contribution is -0.192. The molecule has 1 spiro atoms. The summed E-state index contributed by atoms with van der Waals surface area (Å²) in [4.78, 5) is 10.9. The molecule has 5 rings (SSSR count). The fraction of sp³-hybridized carbons (Fsp3) is 0.955. The Balaban J connectivity index is 0.000000137. The molecule has 154 valence electrons. The van der Waals surface area contributed by atoms with E-state index in [2.05, 4.69) is 0 Å². The van der Waals surface area contributed by atoms with E-state index in [0.717, 1.165) is 89.6 Å². The number of Topliss-reactive ketones (excluding diaryl/α,β-unsaturated/α-hetero) is 1. The minimum Gasteiger partial charge on any atom is -0.378 e. The van der Waals surface area contributed by atoms with E-state index in [9.17, 15) is 4.79 Å². The Morgan fingerprint density at radius 2 is 1.22 bits per heavy atom. The van der Waals surface area contributed by atoms with E-state index in [1.165, 1.54) is 25.7 Å². The quantitative estimate of drug-likeness (QED) is 0.696. The number of rotatable bonds is 6. The van der Waals surface area contributed by atoms with E-state index < -0.39 is 0 Å². The molecule has 0 aromatic rings. The molecule has 1 aliphatic heterocycles. The number of carbonyl (C=O) groups is 1. The maximum Gasteiger partial charge on any atom is 0.168 e. The average molecular weight is 381 g/mol. The lowest BCUT2D eigenvalue weighted by Crippen LogP contribution is -2.37.